The zero-order valence-corrected chi connectivity index (χ0v) is 15.5. The van der Waals surface area contributed by atoms with E-state index in [-0.39, 0.29) is 10.8 Å². The number of carbonyl (C=O) groups excluding carboxylic acids is 1. The number of hydrogen-bond donors (Lipinski definition) is 1. The van der Waals surface area contributed by atoms with Crippen LogP contribution in [0.1, 0.15) is 36.7 Å². The third-order valence-corrected chi connectivity index (χ3v) is 6.27. The summed E-state index contributed by atoms with van der Waals surface area (Å²) in [6.45, 7) is 9.51. The number of likely N-dealkylation sites (tertiary alicyclic amines) is 1. The normalized spacial score (nSPS) is 30.9. The van der Waals surface area contributed by atoms with Crippen molar-refractivity contribution in [2.24, 2.45) is 16.7 Å². The maximum atomic E-state index is 12.7. The molecule has 2 saturated heterocycles. The van der Waals surface area contributed by atoms with E-state index in [0.717, 1.165) is 26.1 Å². The number of hydrogen-bond acceptors (Lipinski definition) is 5. The molecule has 150 valence electrons. The number of ether oxygens (including phenoxy) is 1. The highest BCUT2D eigenvalue weighted by Crippen LogP contribution is 2.63. The summed E-state index contributed by atoms with van der Waals surface area (Å²) in [5.74, 6) is -1.87. The van der Waals surface area contributed by atoms with Crippen molar-refractivity contribution in [2.75, 3.05) is 45.9 Å². The molecule has 2 aliphatic heterocycles. The van der Waals surface area contributed by atoms with E-state index in [0.29, 0.717) is 32.2 Å². The van der Waals surface area contributed by atoms with Crippen molar-refractivity contribution in [1.82, 2.24) is 25.0 Å². The first-order chi connectivity index (χ1) is 12.6. The number of H-pyrrole nitrogens is 1. The zero-order valence-electron chi connectivity index (χ0n) is 15.5. The molecule has 1 aliphatic carbocycles. The molecule has 1 saturated carbocycles. The lowest BCUT2D eigenvalue weighted by Gasteiger charge is -2.58. The maximum Gasteiger partial charge on any atom is 0.451 e. The molecule has 0 aromatic carbocycles. The van der Waals surface area contributed by atoms with Gasteiger partial charge in [-0.25, -0.2) is 0 Å². The summed E-state index contributed by atoms with van der Waals surface area (Å²) < 4.78 is 43.6. The van der Waals surface area contributed by atoms with Gasteiger partial charge in [0.2, 0.25) is 11.6 Å². The predicted octanol–water partition coefficient (Wildman–Crippen LogP) is 1.64. The Morgan fingerprint density at radius 3 is 2.63 bits per heavy atom. The summed E-state index contributed by atoms with van der Waals surface area (Å²) in [5, 5.41) is 5.32. The molecule has 0 spiro atoms. The second kappa shape index (κ2) is 6.16. The van der Waals surface area contributed by atoms with Crippen LogP contribution in [0.25, 0.3) is 0 Å². The van der Waals surface area contributed by atoms with E-state index < -0.39 is 23.7 Å². The Balaban J connectivity index is 1.50. The first-order valence-corrected chi connectivity index (χ1v) is 9.20. The molecule has 3 heterocycles. The fraction of sp³-hybridized carbons (Fsp3) is 0.824. The number of morpholine rings is 1. The van der Waals surface area contributed by atoms with Gasteiger partial charge in [-0.05, 0) is 17.8 Å². The first kappa shape index (κ1) is 18.7. The number of aromatic amines is 1. The zero-order chi connectivity index (χ0) is 19.4. The van der Waals surface area contributed by atoms with E-state index in [1.165, 1.54) is 0 Å². The molecule has 1 aromatic rings. The fourth-order valence-corrected chi connectivity index (χ4v) is 5.32. The van der Waals surface area contributed by atoms with E-state index in [1.54, 1.807) is 4.90 Å². The fourth-order valence-electron chi connectivity index (χ4n) is 5.32. The molecule has 0 radical (unpaired) electrons. The molecular formula is C17H24F3N5O2. The Labute approximate surface area is 155 Å². The molecule has 3 fully saturated rings. The number of alkyl halides is 3. The van der Waals surface area contributed by atoms with Gasteiger partial charge in [-0.3, -0.25) is 14.8 Å². The number of carbonyl (C=O) groups is 1. The highest BCUT2D eigenvalue weighted by molar-refractivity contribution is 5.90. The summed E-state index contributed by atoms with van der Waals surface area (Å²) in [6.07, 6.45) is -3.65. The van der Waals surface area contributed by atoms with Gasteiger partial charge in [-0.1, -0.05) is 13.8 Å². The average molecular weight is 387 g/mol. The van der Waals surface area contributed by atoms with Crippen molar-refractivity contribution < 1.29 is 22.7 Å². The second-order valence-electron chi connectivity index (χ2n) is 8.66. The van der Waals surface area contributed by atoms with Crippen LogP contribution in [0, 0.1) is 16.7 Å². The minimum atomic E-state index is -4.64. The summed E-state index contributed by atoms with van der Waals surface area (Å²) >= 11 is 0. The van der Waals surface area contributed by atoms with Crippen LogP contribution in [0.5, 0.6) is 0 Å². The molecule has 0 unspecified atom stereocenters. The van der Waals surface area contributed by atoms with Crippen LogP contribution in [-0.4, -0.2) is 76.8 Å². The molecule has 1 amide bonds. The maximum absolute atomic E-state index is 12.7. The van der Waals surface area contributed by atoms with Crippen molar-refractivity contribution in [3.8, 4) is 0 Å². The van der Waals surface area contributed by atoms with Gasteiger partial charge in [0, 0.05) is 38.1 Å². The van der Waals surface area contributed by atoms with E-state index in [4.69, 9.17) is 4.74 Å². The van der Waals surface area contributed by atoms with Gasteiger partial charge < -0.3 is 9.64 Å². The van der Waals surface area contributed by atoms with Crippen molar-refractivity contribution in [1.29, 1.82) is 0 Å². The van der Waals surface area contributed by atoms with Gasteiger partial charge in [-0.2, -0.15) is 18.2 Å². The second-order valence-corrected chi connectivity index (χ2v) is 8.66. The molecule has 27 heavy (non-hydrogen) atoms. The van der Waals surface area contributed by atoms with Crippen molar-refractivity contribution in [2.45, 2.75) is 26.4 Å². The van der Waals surface area contributed by atoms with Gasteiger partial charge in [-0.15, -0.1) is 5.10 Å². The number of fused-ring (bicyclic) bond motifs is 1. The van der Waals surface area contributed by atoms with Crippen LogP contribution >= 0.6 is 0 Å². The minimum Gasteiger partial charge on any atom is -0.379 e. The molecule has 4 rings (SSSR count). The lowest BCUT2D eigenvalue weighted by molar-refractivity contribution is -0.144. The number of amides is 1. The van der Waals surface area contributed by atoms with Gasteiger partial charge in [0.05, 0.1) is 13.2 Å². The SMILES string of the molecule is CC1(C)C[C@]2(CN3CCOCC3)CN(C(=O)c3n[nH]c(C(F)(F)F)n3)C[C@H]12. The molecule has 1 aromatic heterocycles. The van der Waals surface area contributed by atoms with Crippen LogP contribution in [0.2, 0.25) is 0 Å². The van der Waals surface area contributed by atoms with Crippen LogP contribution in [0.3, 0.4) is 0 Å². The molecule has 2 atom stereocenters. The third-order valence-electron chi connectivity index (χ3n) is 6.27. The predicted molar refractivity (Wildman–Crippen MR) is 88.9 cm³/mol. The van der Waals surface area contributed by atoms with Gasteiger partial charge >= 0.3 is 6.18 Å². The summed E-state index contributed by atoms with van der Waals surface area (Å²) in [6, 6.07) is 0. The third kappa shape index (κ3) is 3.22. The number of rotatable bonds is 3. The molecule has 0 bridgehead atoms. The van der Waals surface area contributed by atoms with Crippen LogP contribution < -0.4 is 0 Å². The van der Waals surface area contributed by atoms with Crippen LogP contribution in [-0.2, 0) is 10.9 Å². The largest absolute Gasteiger partial charge is 0.451 e. The first-order valence-electron chi connectivity index (χ1n) is 9.20. The standard InChI is InChI=1S/C17H24F3N5O2/c1-15(2)8-16(9-24-3-5-27-6-4-24)10-25(7-11(15)16)13(26)12-21-14(23-22-12)17(18,19)20/h11H,3-10H2,1-2H3,(H,21,22,23)/t11-,16+/m1/s1. The molecule has 3 aliphatic rings. The van der Waals surface area contributed by atoms with Crippen molar-refractivity contribution in [3.05, 3.63) is 11.6 Å². The molecular weight excluding hydrogens is 363 g/mol. The molecule has 7 nitrogen and oxygen atoms in total. The van der Waals surface area contributed by atoms with E-state index in [2.05, 4.69) is 28.8 Å². The van der Waals surface area contributed by atoms with Crippen molar-refractivity contribution in [3.63, 3.8) is 0 Å². The lowest BCUT2D eigenvalue weighted by atomic mass is 9.48. The van der Waals surface area contributed by atoms with Crippen LogP contribution in [0.4, 0.5) is 13.2 Å². The number of nitrogens with one attached hydrogen (secondary N) is 1. The molecule has 10 heteroatoms. The topological polar surface area (TPSA) is 74.3 Å². The number of halogens is 3. The Morgan fingerprint density at radius 2 is 2.04 bits per heavy atom. The van der Waals surface area contributed by atoms with Gasteiger partial charge in [0.25, 0.3) is 5.91 Å². The Morgan fingerprint density at radius 1 is 1.33 bits per heavy atom. The van der Waals surface area contributed by atoms with Gasteiger partial charge in [0.1, 0.15) is 0 Å². The quantitative estimate of drug-likeness (QED) is 0.854. The summed E-state index contributed by atoms with van der Waals surface area (Å²) in [7, 11) is 0. The van der Waals surface area contributed by atoms with E-state index in [9.17, 15) is 18.0 Å². The minimum absolute atomic E-state index is 0.0142. The van der Waals surface area contributed by atoms with E-state index in [1.807, 2.05) is 5.10 Å². The Hall–Kier alpha value is -1.68. The lowest BCUT2D eigenvalue weighted by Crippen LogP contribution is -2.59. The number of aromatic nitrogens is 3. The number of nitrogens with zero attached hydrogens (tertiary/aromatic N) is 4. The average Bonchev–Trinajstić information content (AvgIpc) is 3.18. The highest BCUT2D eigenvalue weighted by Gasteiger charge is 2.63. The smallest absolute Gasteiger partial charge is 0.379 e. The Kier molecular flexibility index (Phi) is 4.26. The van der Waals surface area contributed by atoms with Crippen molar-refractivity contribution >= 4 is 5.91 Å². The van der Waals surface area contributed by atoms with E-state index >= 15 is 0 Å². The van der Waals surface area contributed by atoms with Crippen LogP contribution in [0.15, 0.2) is 0 Å². The summed E-state index contributed by atoms with van der Waals surface area (Å²) in [5.41, 5.74) is 0.0944. The monoisotopic (exact) mass is 387 g/mol. The van der Waals surface area contributed by atoms with Gasteiger partial charge in [0.15, 0.2) is 0 Å². The Bertz CT molecular complexity index is 728. The summed E-state index contributed by atoms with van der Waals surface area (Å²) in [4.78, 5) is 20.1. The highest BCUT2D eigenvalue weighted by atomic mass is 19.4. The molecule has 1 N–H and O–H groups in total.